The van der Waals surface area contributed by atoms with Crippen LogP contribution in [-0.4, -0.2) is 28.6 Å². The average molecular weight is 305 g/mol. The second-order valence-electron chi connectivity index (χ2n) is 5.47. The van der Waals surface area contributed by atoms with Gasteiger partial charge in [0.25, 0.3) is 5.91 Å². The first kappa shape index (κ1) is 15.8. The molecule has 0 radical (unpaired) electrons. The van der Waals surface area contributed by atoms with Gasteiger partial charge in [-0.25, -0.2) is 9.59 Å². The standard InChI is InChI=1S/C15H19N3O4/c16-14(22)17-11-6-4-10(5-7-11)12(19)18-15(13(20)21)8-2-1-3-9-15/h4-7H,1-3,8-9H2,(H,18,19)(H,20,21)(H3,16,17,22). The van der Waals surface area contributed by atoms with E-state index >= 15 is 0 Å². The van der Waals surface area contributed by atoms with E-state index in [1.54, 1.807) is 0 Å². The first-order valence-corrected chi connectivity index (χ1v) is 7.15. The fraction of sp³-hybridized carbons (Fsp3) is 0.400. The monoisotopic (exact) mass is 305 g/mol. The van der Waals surface area contributed by atoms with Gasteiger partial charge in [-0.05, 0) is 37.1 Å². The number of carbonyl (C=O) groups excluding carboxylic acids is 2. The Morgan fingerprint density at radius 2 is 1.64 bits per heavy atom. The fourth-order valence-electron chi connectivity index (χ4n) is 2.68. The summed E-state index contributed by atoms with van der Waals surface area (Å²) < 4.78 is 0. The Morgan fingerprint density at radius 1 is 1.05 bits per heavy atom. The molecule has 1 aromatic rings. The molecule has 5 N–H and O–H groups in total. The predicted octanol–water partition coefficient (Wildman–Crippen LogP) is 1.69. The van der Waals surface area contributed by atoms with Crippen LogP contribution in [0.2, 0.25) is 0 Å². The second kappa shape index (κ2) is 6.46. The maximum Gasteiger partial charge on any atom is 0.329 e. The summed E-state index contributed by atoms with van der Waals surface area (Å²) >= 11 is 0. The molecule has 0 aliphatic heterocycles. The molecule has 7 heteroatoms. The Balaban J connectivity index is 2.10. The maximum absolute atomic E-state index is 12.3. The lowest BCUT2D eigenvalue weighted by Gasteiger charge is -2.34. The third-order valence-corrected chi connectivity index (χ3v) is 3.88. The molecule has 0 bridgehead atoms. The number of hydrogen-bond donors (Lipinski definition) is 4. The number of primary amides is 1. The van der Waals surface area contributed by atoms with E-state index in [1.807, 2.05) is 0 Å². The summed E-state index contributed by atoms with van der Waals surface area (Å²) in [5.41, 5.74) is 4.62. The lowest BCUT2D eigenvalue weighted by molar-refractivity contribution is -0.145. The number of carboxylic acid groups (broad SMARTS) is 1. The van der Waals surface area contributed by atoms with Crippen molar-refractivity contribution >= 4 is 23.6 Å². The Hall–Kier alpha value is -2.57. The molecule has 1 aromatic carbocycles. The van der Waals surface area contributed by atoms with Crippen molar-refractivity contribution in [3.63, 3.8) is 0 Å². The number of urea groups is 1. The molecule has 7 nitrogen and oxygen atoms in total. The van der Waals surface area contributed by atoms with E-state index in [2.05, 4.69) is 10.6 Å². The van der Waals surface area contributed by atoms with E-state index in [9.17, 15) is 19.5 Å². The van der Waals surface area contributed by atoms with Gasteiger partial charge >= 0.3 is 12.0 Å². The van der Waals surface area contributed by atoms with Gasteiger partial charge in [0.05, 0.1) is 0 Å². The van der Waals surface area contributed by atoms with Gasteiger partial charge in [-0.2, -0.15) is 0 Å². The van der Waals surface area contributed by atoms with Crippen LogP contribution in [0.4, 0.5) is 10.5 Å². The minimum atomic E-state index is -1.18. The van der Waals surface area contributed by atoms with E-state index in [-0.39, 0.29) is 0 Å². The number of nitrogens with two attached hydrogens (primary N) is 1. The number of nitrogens with one attached hydrogen (secondary N) is 2. The molecule has 3 amide bonds. The van der Waals surface area contributed by atoms with Crippen LogP contribution < -0.4 is 16.4 Å². The third-order valence-electron chi connectivity index (χ3n) is 3.88. The zero-order chi connectivity index (χ0) is 16.2. The van der Waals surface area contributed by atoms with Crippen LogP contribution in [0.15, 0.2) is 24.3 Å². The van der Waals surface area contributed by atoms with Crippen molar-refractivity contribution in [1.82, 2.24) is 5.32 Å². The highest BCUT2D eigenvalue weighted by atomic mass is 16.4. The molecule has 1 aliphatic carbocycles. The number of anilines is 1. The molecular formula is C15H19N3O4. The highest BCUT2D eigenvalue weighted by Crippen LogP contribution is 2.29. The van der Waals surface area contributed by atoms with Crippen LogP contribution in [0.3, 0.4) is 0 Å². The van der Waals surface area contributed by atoms with Gasteiger partial charge in [0.2, 0.25) is 0 Å². The van der Waals surface area contributed by atoms with Crippen molar-refractivity contribution in [3.8, 4) is 0 Å². The van der Waals surface area contributed by atoms with Crippen molar-refractivity contribution in [2.45, 2.75) is 37.6 Å². The number of benzene rings is 1. The van der Waals surface area contributed by atoms with Crippen LogP contribution in [0.25, 0.3) is 0 Å². The lowest BCUT2D eigenvalue weighted by Crippen LogP contribution is -2.55. The number of carbonyl (C=O) groups is 3. The molecular weight excluding hydrogens is 286 g/mol. The molecule has 0 saturated heterocycles. The van der Waals surface area contributed by atoms with Crippen molar-refractivity contribution in [2.24, 2.45) is 5.73 Å². The van der Waals surface area contributed by atoms with Gasteiger partial charge < -0.3 is 21.5 Å². The molecule has 1 saturated carbocycles. The van der Waals surface area contributed by atoms with E-state index in [0.717, 1.165) is 19.3 Å². The first-order chi connectivity index (χ1) is 10.4. The van der Waals surface area contributed by atoms with Gasteiger partial charge in [-0.3, -0.25) is 4.79 Å². The molecule has 0 spiro atoms. The van der Waals surface area contributed by atoms with Gasteiger partial charge in [-0.15, -0.1) is 0 Å². The van der Waals surface area contributed by atoms with Gasteiger partial charge in [0, 0.05) is 11.3 Å². The summed E-state index contributed by atoms with van der Waals surface area (Å²) in [7, 11) is 0. The van der Waals surface area contributed by atoms with Crippen molar-refractivity contribution in [1.29, 1.82) is 0 Å². The molecule has 0 unspecified atom stereocenters. The fourth-order valence-corrected chi connectivity index (χ4v) is 2.68. The van der Waals surface area contributed by atoms with E-state index in [4.69, 9.17) is 5.73 Å². The zero-order valence-corrected chi connectivity index (χ0v) is 12.1. The summed E-state index contributed by atoms with van der Waals surface area (Å²) in [6.07, 6.45) is 3.44. The zero-order valence-electron chi connectivity index (χ0n) is 12.1. The largest absolute Gasteiger partial charge is 0.480 e. The second-order valence-corrected chi connectivity index (χ2v) is 5.47. The highest BCUT2D eigenvalue weighted by molar-refractivity contribution is 5.98. The molecule has 22 heavy (non-hydrogen) atoms. The number of aliphatic carboxylic acids is 1. The van der Waals surface area contributed by atoms with Crippen molar-refractivity contribution < 1.29 is 19.5 Å². The average Bonchev–Trinajstić information content (AvgIpc) is 2.48. The molecule has 0 aromatic heterocycles. The normalized spacial score (nSPS) is 16.5. The van der Waals surface area contributed by atoms with E-state index in [1.165, 1.54) is 24.3 Å². The van der Waals surface area contributed by atoms with Crippen LogP contribution in [0.5, 0.6) is 0 Å². The minimum absolute atomic E-state index is 0.334. The summed E-state index contributed by atoms with van der Waals surface area (Å²) in [6.45, 7) is 0. The predicted molar refractivity (Wildman–Crippen MR) is 80.6 cm³/mol. The summed E-state index contributed by atoms with van der Waals surface area (Å²) in [4.78, 5) is 34.5. The quantitative estimate of drug-likeness (QED) is 0.676. The van der Waals surface area contributed by atoms with Gasteiger partial charge in [0.1, 0.15) is 5.54 Å². The van der Waals surface area contributed by atoms with Crippen LogP contribution in [0.1, 0.15) is 42.5 Å². The van der Waals surface area contributed by atoms with Gasteiger partial charge in [-0.1, -0.05) is 19.3 Å². The molecule has 0 heterocycles. The SMILES string of the molecule is NC(=O)Nc1ccc(C(=O)NC2(C(=O)O)CCCCC2)cc1. The smallest absolute Gasteiger partial charge is 0.329 e. The molecule has 1 fully saturated rings. The number of hydrogen-bond acceptors (Lipinski definition) is 3. The summed E-state index contributed by atoms with van der Waals surface area (Å²) in [5, 5.41) is 14.5. The lowest BCUT2D eigenvalue weighted by atomic mass is 9.81. The van der Waals surface area contributed by atoms with Crippen LogP contribution in [-0.2, 0) is 4.79 Å². The number of amides is 3. The van der Waals surface area contributed by atoms with Crippen LogP contribution in [0, 0.1) is 0 Å². The molecule has 0 atom stereocenters. The molecule has 1 aliphatic rings. The summed E-state index contributed by atoms with van der Waals surface area (Å²) in [6, 6.07) is 5.41. The first-order valence-electron chi connectivity index (χ1n) is 7.15. The van der Waals surface area contributed by atoms with Crippen LogP contribution >= 0.6 is 0 Å². The molecule has 2 rings (SSSR count). The number of rotatable bonds is 4. The molecule has 118 valence electrons. The number of carboxylic acids is 1. The Morgan fingerprint density at radius 3 is 2.14 bits per heavy atom. The Labute approximate surface area is 127 Å². The van der Waals surface area contributed by atoms with E-state index < -0.39 is 23.4 Å². The van der Waals surface area contributed by atoms with Crippen molar-refractivity contribution in [3.05, 3.63) is 29.8 Å². The van der Waals surface area contributed by atoms with E-state index in [0.29, 0.717) is 24.1 Å². The summed E-state index contributed by atoms with van der Waals surface area (Å²) in [5.74, 6) is -1.43. The third kappa shape index (κ3) is 3.55. The van der Waals surface area contributed by atoms with Gasteiger partial charge in [0.15, 0.2) is 0 Å². The minimum Gasteiger partial charge on any atom is -0.480 e. The van der Waals surface area contributed by atoms with Crippen molar-refractivity contribution in [2.75, 3.05) is 5.32 Å². The maximum atomic E-state index is 12.3. The Kier molecular flexibility index (Phi) is 4.65. The Bertz CT molecular complexity index is 577. The topological polar surface area (TPSA) is 122 Å². The highest BCUT2D eigenvalue weighted by Gasteiger charge is 2.41.